The van der Waals surface area contributed by atoms with Gasteiger partial charge in [-0.25, -0.2) is 0 Å². The van der Waals surface area contributed by atoms with Gasteiger partial charge in [0.25, 0.3) is 0 Å². The van der Waals surface area contributed by atoms with Crippen molar-refractivity contribution in [2.24, 2.45) is 5.41 Å². The van der Waals surface area contributed by atoms with Gasteiger partial charge in [-0.2, -0.15) is 0 Å². The molecule has 15 heavy (non-hydrogen) atoms. The largest absolute Gasteiger partial charge is 0.294 e. The van der Waals surface area contributed by atoms with Crippen molar-refractivity contribution in [3.63, 3.8) is 0 Å². The molecule has 0 atom stereocenters. The van der Waals surface area contributed by atoms with Gasteiger partial charge in [0.2, 0.25) is 0 Å². The molecule has 0 radical (unpaired) electrons. The topological polar surface area (TPSA) is 17.1 Å². The lowest BCUT2D eigenvalue weighted by Crippen LogP contribution is -2.12. The van der Waals surface area contributed by atoms with E-state index in [1.807, 2.05) is 24.3 Å². The highest BCUT2D eigenvalue weighted by Gasteiger charge is 2.16. The minimum Gasteiger partial charge on any atom is -0.294 e. The molecule has 0 aliphatic rings. The summed E-state index contributed by atoms with van der Waals surface area (Å²) in [6, 6.07) is 7.57. The van der Waals surface area contributed by atoms with Gasteiger partial charge >= 0.3 is 0 Å². The summed E-state index contributed by atoms with van der Waals surface area (Å²) in [7, 11) is 0. The number of hydrogen-bond donors (Lipinski definition) is 0. The Balaban J connectivity index is 2.79. The smallest absolute Gasteiger partial charge is 0.163 e. The van der Waals surface area contributed by atoms with Gasteiger partial charge in [0.1, 0.15) is 0 Å². The SMILES string of the molecule is C=Cc1ccc(C(=O)CC(C)(C)C)cc1. The van der Waals surface area contributed by atoms with Crippen LogP contribution in [0, 0.1) is 5.41 Å². The number of carbonyl (C=O) groups is 1. The van der Waals surface area contributed by atoms with Gasteiger partial charge < -0.3 is 0 Å². The maximum atomic E-state index is 11.8. The number of carbonyl (C=O) groups excluding carboxylic acids is 1. The van der Waals surface area contributed by atoms with Crippen LogP contribution >= 0.6 is 0 Å². The number of hydrogen-bond acceptors (Lipinski definition) is 1. The van der Waals surface area contributed by atoms with E-state index in [-0.39, 0.29) is 11.2 Å². The first-order valence-electron chi connectivity index (χ1n) is 5.18. The van der Waals surface area contributed by atoms with Gasteiger partial charge in [-0.3, -0.25) is 4.79 Å². The van der Waals surface area contributed by atoms with Crippen molar-refractivity contribution in [2.75, 3.05) is 0 Å². The zero-order valence-corrected chi connectivity index (χ0v) is 9.71. The van der Waals surface area contributed by atoms with Crippen molar-refractivity contribution in [3.8, 4) is 0 Å². The maximum absolute atomic E-state index is 11.8. The molecule has 0 saturated carbocycles. The van der Waals surface area contributed by atoms with E-state index in [4.69, 9.17) is 0 Å². The molecule has 1 aromatic carbocycles. The van der Waals surface area contributed by atoms with Crippen LogP contribution < -0.4 is 0 Å². The predicted octanol–water partition coefficient (Wildman–Crippen LogP) is 3.95. The molecule has 0 saturated heterocycles. The third-order valence-corrected chi connectivity index (χ3v) is 2.16. The molecule has 0 spiro atoms. The van der Waals surface area contributed by atoms with Crippen LogP contribution in [0.1, 0.15) is 43.1 Å². The summed E-state index contributed by atoms with van der Waals surface area (Å²) in [5.74, 6) is 0.207. The third-order valence-electron chi connectivity index (χ3n) is 2.16. The van der Waals surface area contributed by atoms with Gasteiger partial charge in [-0.05, 0) is 11.0 Å². The van der Waals surface area contributed by atoms with Crippen LogP contribution in [0.15, 0.2) is 30.8 Å². The monoisotopic (exact) mass is 202 g/mol. The molecule has 0 aliphatic carbocycles. The fraction of sp³-hybridized carbons (Fsp3) is 0.357. The van der Waals surface area contributed by atoms with Gasteiger partial charge in [0.15, 0.2) is 5.78 Å². The number of Topliss-reactive ketones (excluding diaryl/α,β-unsaturated/α-hetero) is 1. The van der Waals surface area contributed by atoms with E-state index in [1.54, 1.807) is 6.08 Å². The zero-order valence-electron chi connectivity index (χ0n) is 9.71. The second-order valence-electron chi connectivity index (χ2n) is 4.99. The highest BCUT2D eigenvalue weighted by atomic mass is 16.1. The van der Waals surface area contributed by atoms with Crippen molar-refractivity contribution < 1.29 is 4.79 Å². The van der Waals surface area contributed by atoms with E-state index >= 15 is 0 Å². The quantitative estimate of drug-likeness (QED) is 0.678. The van der Waals surface area contributed by atoms with Crippen molar-refractivity contribution in [1.82, 2.24) is 0 Å². The van der Waals surface area contributed by atoms with Crippen LogP contribution in [0.25, 0.3) is 6.08 Å². The molecule has 1 heteroatoms. The molecule has 1 nitrogen and oxygen atoms in total. The lowest BCUT2D eigenvalue weighted by molar-refractivity contribution is 0.0940. The van der Waals surface area contributed by atoms with E-state index in [0.717, 1.165) is 11.1 Å². The van der Waals surface area contributed by atoms with Crippen LogP contribution in [0.5, 0.6) is 0 Å². The van der Waals surface area contributed by atoms with E-state index in [0.29, 0.717) is 6.42 Å². The minimum absolute atomic E-state index is 0.0498. The maximum Gasteiger partial charge on any atom is 0.163 e. The van der Waals surface area contributed by atoms with Gasteiger partial charge in [0.05, 0.1) is 0 Å². The number of rotatable bonds is 3. The normalized spacial score (nSPS) is 11.1. The summed E-state index contributed by atoms with van der Waals surface area (Å²) >= 11 is 0. The Hall–Kier alpha value is -1.37. The minimum atomic E-state index is 0.0498. The molecule has 0 N–H and O–H groups in total. The predicted molar refractivity (Wildman–Crippen MR) is 64.9 cm³/mol. The summed E-state index contributed by atoms with van der Waals surface area (Å²) in [6.45, 7) is 9.90. The van der Waals surface area contributed by atoms with Crippen LogP contribution in [-0.2, 0) is 0 Å². The fourth-order valence-corrected chi connectivity index (χ4v) is 1.39. The lowest BCUT2D eigenvalue weighted by atomic mass is 9.88. The van der Waals surface area contributed by atoms with Crippen LogP contribution in [0.4, 0.5) is 0 Å². The van der Waals surface area contributed by atoms with E-state index in [9.17, 15) is 4.79 Å². The van der Waals surface area contributed by atoms with E-state index in [2.05, 4.69) is 27.4 Å². The molecule has 1 aromatic rings. The Morgan fingerprint density at radius 2 is 1.80 bits per heavy atom. The molecule has 1 rings (SSSR count). The molecule has 0 aliphatic heterocycles. The fourth-order valence-electron chi connectivity index (χ4n) is 1.39. The van der Waals surface area contributed by atoms with Crippen molar-refractivity contribution in [1.29, 1.82) is 0 Å². The average molecular weight is 202 g/mol. The highest BCUT2D eigenvalue weighted by Crippen LogP contribution is 2.21. The number of ketones is 1. The first-order valence-corrected chi connectivity index (χ1v) is 5.18. The Labute approximate surface area is 91.8 Å². The number of benzene rings is 1. The molecule has 0 aromatic heterocycles. The van der Waals surface area contributed by atoms with Crippen LogP contribution in [0.3, 0.4) is 0 Å². The molecule has 0 bridgehead atoms. The molecule has 80 valence electrons. The first kappa shape index (κ1) is 11.7. The Bertz CT molecular complexity index is 352. The Morgan fingerprint density at radius 1 is 1.27 bits per heavy atom. The second kappa shape index (κ2) is 4.43. The summed E-state index contributed by atoms with van der Waals surface area (Å²) < 4.78 is 0. The second-order valence-corrected chi connectivity index (χ2v) is 4.99. The summed E-state index contributed by atoms with van der Waals surface area (Å²) in [4.78, 5) is 11.8. The van der Waals surface area contributed by atoms with Crippen molar-refractivity contribution in [2.45, 2.75) is 27.2 Å². The summed E-state index contributed by atoms with van der Waals surface area (Å²) in [5, 5.41) is 0. The first-order chi connectivity index (χ1) is 6.92. The van der Waals surface area contributed by atoms with Gasteiger partial charge in [-0.15, -0.1) is 0 Å². The van der Waals surface area contributed by atoms with E-state index in [1.165, 1.54) is 0 Å². The Kier molecular flexibility index (Phi) is 3.46. The van der Waals surface area contributed by atoms with Crippen molar-refractivity contribution in [3.05, 3.63) is 42.0 Å². The zero-order chi connectivity index (χ0) is 11.5. The standard InChI is InChI=1S/C14H18O/c1-5-11-6-8-12(9-7-11)13(15)10-14(2,3)4/h5-9H,1,10H2,2-4H3. The molecule has 0 heterocycles. The highest BCUT2D eigenvalue weighted by molar-refractivity contribution is 5.96. The molecule has 0 amide bonds. The van der Waals surface area contributed by atoms with Crippen LogP contribution in [0.2, 0.25) is 0 Å². The molecular weight excluding hydrogens is 184 g/mol. The molecule has 0 fully saturated rings. The molecule has 0 unspecified atom stereocenters. The van der Waals surface area contributed by atoms with Crippen molar-refractivity contribution >= 4 is 11.9 Å². The Morgan fingerprint density at radius 3 is 2.20 bits per heavy atom. The molecular formula is C14H18O. The van der Waals surface area contributed by atoms with Gasteiger partial charge in [0, 0.05) is 12.0 Å². The summed E-state index contributed by atoms with van der Waals surface area (Å²) in [5.41, 5.74) is 1.88. The average Bonchev–Trinajstić information content (AvgIpc) is 2.15. The van der Waals surface area contributed by atoms with Gasteiger partial charge in [-0.1, -0.05) is 57.7 Å². The third kappa shape index (κ3) is 3.70. The lowest BCUT2D eigenvalue weighted by Gasteiger charge is -2.16. The van der Waals surface area contributed by atoms with E-state index < -0.39 is 0 Å². The van der Waals surface area contributed by atoms with Crippen LogP contribution in [-0.4, -0.2) is 5.78 Å². The summed E-state index contributed by atoms with van der Waals surface area (Å²) in [6.07, 6.45) is 2.36.